The van der Waals surface area contributed by atoms with Gasteiger partial charge in [-0.1, -0.05) is 0 Å². The van der Waals surface area contributed by atoms with Crippen molar-refractivity contribution in [1.29, 1.82) is 0 Å². The van der Waals surface area contributed by atoms with Crippen LogP contribution in [0.5, 0.6) is 5.75 Å². The van der Waals surface area contributed by atoms with E-state index in [1.165, 1.54) is 0 Å². The molecule has 0 fully saturated rings. The lowest BCUT2D eigenvalue weighted by molar-refractivity contribution is 0.413. The molecule has 1 rings (SSSR count). The normalized spacial score (nSPS) is 13.3. The molecule has 1 unspecified atom stereocenters. The van der Waals surface area contributed by atoms with E-state index >= 15 is 0 Å². The molecule has 0 aliphatic rings. The molecule has 6 heteroatoms. The fourth-order valence-corrected chi connectivity index (χ4v) is 3.44. The van der Waals surface area contributed by atoms with Crippen molar-refractivity contribution >= 4 is 10.0 Å². The van der Waals surface area contributed by atoms with Gasteiger partial charge in [0.1, 0.15) is 5.75 Å². The van der Waals surface area contributed by atoms with Gasteiger partial charge in [-0.25, -0.2) is 13.1 Å². The first kappa shape index (κ1) is 15.9. The number of sulfonamides is 1. The molecule has 108 valence electrons. The Bertz CT molecular complexity index is 516. The molecule has 1 atom stereocenters. The minimum Gasteiger partial charge on any atom is -0.497 e. The zero-order valence-electron chi connectivity index (χ0n) is 11.9. The quantitative estimate of drug-likeness (QED) is 0.826. The number of methoxy groups -OCH3 is 1. The van der Waals surface area contributed by atoms with Gasteiger partial charge in [0.25, 0.3) is 0 Å². The van der Waals surface area contributed by atoms with Crippen LogP contribution in [-0.2, 0) is 10.0 Å². The first-order chi connectivity index (χ1) is 8.77. The van der Waals surface area contributed by atoms with Crippen molar-refractivity contribution in [1.82, 2.24) is 4.72 Å². The van der Waals surface area contributed by atoms with Crippen LogP contribution in [0, 0.1) is 13.8 Å². The average Bonchev–Trinajstić information content (AvgIpc) is 2.26. The van der Waals surface area contributed by atoms with Crippen LogP contribution in [0.2, 0.25) is 0 Å². The Balaban J connectivity index is 3.01. The largest absolute Gasteiger partial charge is 0.497 e. The zero-order valence-corrected chi connectivity index (χ0v) is 12.7. The lowest BCUT2D eigenvalue weighted by Gasteiger charge is -2.14. The van der Waals surface area contributed by atoms with Crippen molar-refractivity contribution in [3.63, 3.8) is 0 Å². The minimum absolute atomic E-state index is 0.0271. The van der Waals surface area contributed by atoms with E-state index in [-0.39, 0.29) is 6.04 Å². The number of hydrogen-bond acceptors (Lipinski definition) is 4. The van der Waals surface area contributed by atoms with E-state index in [0.29, 0.717) is 34.7 Å². The summed E-state index contributed by atoms with van der Waals surface area (Å²) < 4.78 is 32.2. The summed E-state index contributed by atoms with van der Waals surface area (Å²) in [6.07, 6.45) is 0.605. The smallest absolute Gasteiger partial charge is 0.241 e. The summed E-state index contributed by atoms with van der Waals surface area (Å²) in [5.41, 5.74) is 6.95. The third-order valence-electron chi connectivity index (χ3n) is 2.83. The first-order valence-corrected chi connectivity index (χ1v) is 7.66. The van der Waals surface area contributed by atoms with Crippen LogP contribution in [0.4, 0.5) is 0 Å². The number of aryl methyl sites for hydroxylation is 2. The Morgan fingerprint density at radius 2 is 1.84 bits per heavy atom. The van der Waals surface area contributed by atoms with Crippen molar-refractivity contribution < 1.29 is 13.2 Å². The second kappa shape index (κ2) is 6.36. The second-order valence-electron chi connectivity index (χ2n) is 4.75. The first-order valence-electron chi connectivity index (χ1n) is 6.18. The van der Waals surface area contributed by atoms with Gasteiger partial charge in [-0.15, -0.1) is 0 Å². The lowest BCUT2D eigenvalue weighted by Crippen LogP contribution is -2.30. The second-order valence-corrected chi connectivity index (χ2v) is 6.46. The molecule has 5 nitrogen and oxygen atoms in total. The summed E-state index contributed by atoms with van der Waals surface area (Å²) >= 11 is 0. The highest BCUT2D eigenvalue weighted by Gasteiger charge is 2.20. The highest BCUT2D eigenvalue weighted by molar-refractivity contribution is 7.89. The highest BCUT2D eigenvalue weighted by atomic mass is 32.2. The van der Waals surface area contributed by atoms with E-state index in [1.807, 2.05) is 6.92 Å². The third kappa shape index (κ3) is 4.19. The topological polar surface area (TPSA) is 81.4 Å². The number of rotatable bonds is 6. The summed E-state index contributed by atoms with van der Waals surface area (Å²) in [6.45, 7) is 5.70. The van der Waals surface area contributed by atoms with Gasteiger partial charge < -0.3 is 10.5 Å². The maximum absolute atomic E-state index is 12.3. The molecule has 0 aliphatic carbocycles. The molecule has 1 aromatic carbocycles. The summed E-state index contributed by atoms with van der Waals surface area (Å²) in [7, 11) is -1.94. The van der Waals surface area contributed by atoms with Gasteiger partial charge in [-0.2, -0.15) is 0 Å². The predicted molar refractivity (Wildman–Crippen MR) is 75.9 cm³/mol. The average molecular weight is 286 g/mol. The van der Waals surface area contributed by atoms with Crippen molar-refractivity contribution in [2.45, 2.75) is 38.1 Å². The van der Waals surface area contributed by atoms with Crippen molar-refractivity contribution in [2.24, 2.45) is 5.73 Å². The molecule has 0 saturated heterocycles. The number of nitrogens with one attached hydrogen (secondary N) is 1. The molecule has 0 radical (unpaired) electrons. The van der Waals surface area contributed by atoms with Crippen LogP contribution >= 0.6 is 0 Å². The minimum atomic E-state index is -3.50. The molecular weight excluding hydrogens is 264 g/mol. The van der Waals surface area contributed by atoms with E-state index in [4.69, 9.17) is 10.5 Å². The van der Waals surface area contributed by atoms with Crippen molar-refractivity contribution in [3.05, 3.63) is 23.3 Å². The van der Waals surface area contributed by atoms with Crippen LogP contribution in [0.1, 0.15) is 24.5 Å². The summed E-state index contributed by atoms with van der Waals surface area (Å²) in [5.74, 6) is 0.657. The highest BCUT2D eigenvalue weighted by Crippen LogP contribution is 2.25. The molecule has 0 saturated carbocycles. The van der Waals surface area contributed by atoms with Crippen LogP contribution < -0.4 is 15.2 Å². The molecule has 1 aromatic rings. The molecule has 0 aromatic heterocycles. The fraction of sp³-hybridized carbons (Fsp3) is 0.538. The van der Waals surface area contributed by atoms with E-state index in [0.717, 1.165) is 0 Å². The molecule has 0 aliphatic heterocycles. The molecule has 0 bridgehead atoms. The van der Waals surface area contributed by atoms with E-state index in [1.54, 1.807) is 33.1 Å². The van der Waals surface area contributed by atoms with Gasteiger partial charge in [0.2, 0.25) is 10.0 Å². The monoisotopic (exact) mass is 286 g/mol. The van der Waals surface area contributed by atoms with Gasteiger partial charge in [-0.05, 0) is 50.5 Å². The zero-order chi connectivity index (χ0) is 14.6. The van der Waals surface area contributed by atoms with Crippen molar-refractivity contribution in [3.8, 4) is 5.75 Å². The predicted octanol–water partition coefficient (Wildman–Crippen LogP) is 1.33. The van der Waals surface area contributed by atoms with Gasteiger partial charge in [0.15, 0.2) is 0 Å². The SMILES string of the molecule is COc1cc(C)c(S(=O)(=O)NCCC(C)N)c(C)c1. The maximum Gasteiger partial charge on any atom is 0.241 e. The van der Waals surface area contributed by atoms with Gasteiger partial charge >= 0.3 is 0 Å². The van der Waals surface area contributed by atoms with E-state index in [2.05, 4.69) is 4.72 Å². The van der Waals surface area contributed by atoms with Crippen LogP contribution in [0.3, 0.4) is 0 Å². The summed E-state index contributed by atoms with van der Waals surface area (Å²) in [6, 6.07) is 3.40. The van der Waals surface area contributed by atoms with Gasteiger partial charge in [0.05, 0.1) is 12.0 Å². The lowest BCUT2D eigenvalue weighted by atomic mass is 10.1. The number of hydrogen-bond donors (Lipinski definition) is 2. The van der Waals surface area contributed by atoms with E-state index < -0.39 is 10.0 Å². The van der Waals surface area contributed by atoms with Crippen molar-refractivity contribution in [2.75, 3.05) is 13.7 Å². The number of ether oxygens (including phenoxy) is 1. The Labute approximate surface area is 115 Å². The Kier molecular flexibility index (Phi) is 5.34. The Morgan fingerprint density at radius 3 is 2.26 bits per heavy atom. The van der Waals surface area contributed by atoms with Gasteiger partial charge in [-0.3, -0.25) is 0 Å². The molecule has 19 heavy (non-hydrogen) atoms. The number of benzene rings is 1. The fourth-order valence-electron chi connectivity index (χ4n) is 1.95. The Morgan fingerprint density at radius 1 is 1.32 bits per heavy atom. The summed E-state index contributed by atoms with van der Waals surface area (Å²) in [5, 5.41) is 0. The van der Waals surface area contributed by atoms with E-state index in [9.17, 15) is 8.42 Å². The standard InChI is InChI=1S/C13H22N2O3S/c1-9-7-12(18-4)8-10(2)13(9)19(16,17)15-6-5-11(3)14/h7-8,11,15H,5-6,14H2,1-4H3. The Hall–Kier alpha value is -1.11. The molecular formula is C13H22N2O3S. The molecule has 0 amide bonds. The number of nitrogens with two attached hydrogens (primary N) is 1. The molecule has 0 heterocycles. The van der Waals surface area contributed by atoms with Gasteiger partial charge in [0, 0.05) is 12.6 Å². The molecule has 0 spiro atoms. The third-order valence-corrected chi connectivity index (χ3v) is 4.60. The summed E-state index contributed by atoms with van der Waals surface area (Å²) in [4.78, 5) is 0.318. The van der Waals surface area contributed by atoms with Crippen LogP contribution in [0.15, 0.2) is 17.0 Å². The maximum atomic E-state index is 12.3. The van der Waals surface area contributed by atoms with Crippen LogP contribution in [0.25, 0.3) is 0 Å². The van der Waals surface area contributed by atoms with Crippen LogP contribution in [-0.4, -0.2) is 28.1 Å². The molecule has 3 N–H and O–H groups in total.